The summed E-state index contributed by atoms with van der Waals surface area (Å²) in [6.45, 7) is 0.321. The van der Waals surface area contributed by atoms with Crippen molar-refractivity contribution in [2.45, 2.75) is 0 Å². The summed E-state index contributed by atoms with van der Waals surface area (Å²) in [6, 6.07) is 2.14. The van der Waals surface area contributed by atoms with Gasteiger partial charge in [-0.15, -0.1) is 0 Å². The number of anilines is 1. The van der Waals surface area contributed by atoms with Crippen molar-refractivity contribution in [3.8, 4) is 0 Å². The molecule has 17 heavy (non-hydrogen) atoms. The summed E-state index contributed by atoms with van der Waals surface area (Å²) in [5.41, 5.74) is -0.138. The Labute approximate surface area is 108 Å². The number of nitro groups is 1. The lowest BCUT2D eigenvalue weighted by atomic mass is 10.2. The van der Waals surface area contributed by atoms with Crippen molar-refractivity contribution in [2.24, 2.45) is 0 Å². The third kappa shape index (κ3) is 4.04. The van der Waals surface area contributed by atoms with Crippen LogP contribution in [0, 0.1) is 15.9 Å². The van der Waals surface area contributed by atoms with Gasteiger partial charge in [-0.25, -0.2) is 4.39 Å². The summed E-state index contributed by atoms with van der Waals surface area (Å²) in [7, 11) is -0.984. The second-order valence-corrected chi connectivity index (χ2v) is 5.65. The molecule has 0 aliphatic carbocycles. The van der Waals surface area contributed by atoms with Crippen molar-refractivity contribution in [1.29, 1.82) is 0 Å². The molecule has 0 aliphatic rings. The van der Waals surface area contributed by atoms with Crippen molar-refractivity contribution >= 4 is 38.1 Å². The van der Waals surface area contributed by atoms with E-state index in [0.29, 0.717) is 12.3 Å². The molecule has 0 saturated carbocycles. The van der Waals surface area contributed by atoms with Crippen LogP contribution < -0.4 is 5.32 Å². The first-order valence-corrected chi connectivity index (χ1v) is 7.11. The normalized spacial score (nSPS) is 12.2. The van der Waals surface area contributed by atoms with Gasteiger partial charge in [0, 0.05) is 29.4 Å². The zero-order chi connectivity index (χ0) is 13.0. The quantitative estimate of drug-likeness (QED) is 0.666. The maximum absolute atomic E-state index is 13.1. The zero-order valence-electron chi connectivity index (χ0n) is 8.91. The number of hydrogen-bond donors (Lipinski definition) is 1. The molecule has 0 aliphatic heterocycles. The van der Waals surface area contributed by atoms with Gasteiger partial charge in [0.05, 0.1) is 15.5 Å². The molecule has 1 rings (SSSR count). The van der Waals surface area contributed by atoms with E-state index < -0.39 is 21.5 Å². The van der Waals surface area contributed by atoms with E-state index in [-0.39, 0.29) is 15.8 Å². The number of nitrogens with zero attached hydrogens (tertiary/aromatic N) is 1. The lowest BCUT2D eigenvalue weighted by Crippen LogP contribution is -2.11. The highest BCUT2D eigenvalue weighted by Gasteiger charge is 2.17. The summed E-state index contributed by atoms with van der Waals surface area (Å²) in [5, 5.41) is 13.5. The Hall–Kier alpha value is -1.02. The average molecular weight is 325 g/mol. The molecule has 1 N–H and O–H groups in total. The molecule has 0 radical (unpaired) electrons. The van der Waals surface area contributed by atoms with E-state index >= 15 is 0 Å². The SMILES string of the molecule is CS(=O)CCNc1cc(Br)c(F)cc1[N+](=O)[O-]. The number of halogens is 2. The molecule has 1 aromatic carbocycles. The van der Waals surface area contributed by atoms with Gasteiger partial charge in [-0.3, -0.25) is 14.3 Å². The zero-order valence-corrected chi connectivity index (χ0v) is 11.3. The number of hydrogen-bond acceptors (Lipinski definition) is 4. The van der Waals surface area contributed by atoms with Crippen LogP contribution in [0.25, 0.3) is 0 Å². The van der Waals surface area contributed by atoms with E-state index in [0.717, 1.165) is 6.07 Å². The molecule has 1 aromatic rings. The van der Waals surface area contributed by atoms with Crippen molar-refractivity contribution in [3.63, 3.8) is 0 Å². The maximum Gasteiger partial charge on any atom is 0.295 e. The Bertz CT molecular complexity index is 470. The van der Waals surface area contributed by atoms with E-state index in [4.69, 9.17) is 0 Å². The standard InChI is InChI=1S/C9H10BrFN2O3S/c1-17(16)3-2-12-8-4-6(10)7(11)5-9(8)13(14)15/h4-5,12H,2-3H2,1H3. The van der Waals surface area contributed by atoms with Gasteiger partial charge in [0.1, 0.15) is 11.5 Å². The highest BCUT2D eigenvalue weighted by atomic mass is 79.9. The summed E-state index contributed by atoms with van der Waals surface area (Å²) in [4.78, 5) is 10.0. The molecule has 1 unspecified atom stereocenters. The Balaban J connectivity index is 2.92. The summed E-state index contributed by atoms with van der Waals surface area (Å²) < 4.78 is 24.1. The predicted molar refractivity (Wildman–Crippen MR) is 68.2 cm³/mol. The van der Waals surface area contributed by atoms with Crippen LogP contribution >= 0.6 is 15.9 Å². The average Bonchev–Trinajstić information content (AvgIpc) is 2.22. The van der Waals surface area contributed by atoms with Crippen LogP contribution in [0.5, 0.6) is 0 Å². The first kappa shape index (κ1) is 14.0. The van der Waals surface area contributed by atoms with Crippen LogP contribution in [0.2, 0.25) is 0 Å². The third-order valence-corrected chi connectivity index (χ3v) is 3.33. The predicted octanol–water partition coefficient (Wildman–Crippen LogP) is 2.29. The Kier molecular flexibility index (Phi) is 5.01. The number of nitro benzene ring substituents is 1. The van der Waals surface area contributed by atoms with E-state index in [1.165, 1.54) is 12.3 Å². The van der Waals surface area contributed by atoms with Gasteiger partial charge in [-0.2, -0.15) is 0 Å². The van der Waals surface area contributed by atoms with Gasteiger partial charge < -0.3 is 5.32 Å². The van der Waals surface area contributed by atoms with Crippen molar-refractivity contribution in [2.75, 3.05) is 23.9 Å². The van der Waals surface area contributed by atoms with Crippen molar-refractivity contribution in [3.05, 3.63) is 32.5 Å². The highest BCUT2D eigenvalue weighted by molar-refractivity contribution is 9.10. The van der Waals surface area contributed by atoms with E-state index in [1.807, 2.05) is 0 Å². The lowest BCUT2D eigenvalue weighted by Gasteiger charge is -2.07. The Morgan fingerprint density at radius 3 is 2.76 bits per heavy atom. The first-order chi connectivity index (χ1) is 7.91. The Morgan fingerprint density at radius 1 is 1.59 bits per heavy atom. The molecule has 0 bridgehead atoms. The van der Waals surface area contributed by atoms with Crippen molar-refractivity contribution in [1.82, 2.24) is 0 Å². The van der Waals surface area contributed by atoms with Crippen molar-refractivity contribution < 1.29 is 13.5 Å². The fourth-order valence-corrected chi connectivity index (χ4v) is 1.89. The van der Waals surface area contributed by atoms with Crippen LogP contribution in [-0.4, -0.2) is 27.7 Å². The molecule has 0 heterocycles. The molecule has 5 nitrogen and oxygen atoms in total. The number of rotatable bonds is 5. The topological polar surface area (TPSA) is 72.2 Å². The minimum Gasteiger partial charge on any atom is -0.379 e. The second-order valence-electron chi connectivity index (χ2n) is 3.24. The second kappa shape index (κ2) is 6.06. The molecular weight excluding hydrogens is 315 g/mol. The lowest BCUT2D eigenvalue weighted by molar-refractivity contribution is -0.384. The van der Waals surface area contributed by atoms with Crippen LogP contribution in [0.15, 0.2) is 16.6 Å². The van der Waals surface area contributed by atoms with Crippen LogP contribution in [0.4, 0.5) is 15.8 Å². The number of nitrogens with one attached hydrogen (secondary N) is 1. The van der Waals surface area contributed by atoms with E-state index in [9.17, 15) is 18.7 Å². The van der Waals surface area contributed by atoms with Crippen LogP contribution in [-0.2, 0) is 10.8 Å². The summed E-state index contributed by atoms with van der Waals surface area (Å²) >= 11 is 2.95. The molecule has 1 atom stereocenters. The monoisotopic (exact) mass is 324 g/mol. The molecule has 0 saturated heterocycles. The summed E-state index contributed by atoms with van der Waals surface area (Å²) in [6.07, 6.45) is 1.54. The summed E-state index contributed by atoms with van der Waals surface area (Å²) in [5.74, 6) is -0.326. The number of benzene rings is 1. The van der Waals surface area contributed by atoms with E-state index in [1.54, 1.807) is 0 Å². The third-order valence-electron chi connectivity index (χ3n) is 1.94. The molecule has 0 spiro atoms. The maximum atomic E-state index is 13.1. The van der Waals surface area contributed by atoms with E-state index in [2.05, 4.69) is 21.2 Å². The van der Waals surface area contributed by atoms with Gasteiger partial charge in [0.25, 0.3) is 5.69 Å². The molecule has 0 amide bonds. The van der Waals surface area contributed by atoms with Gasteiger partial charge >= 0.3 is 0 Å². The minimum absolute atomic E-state index is 0.142. The first-order valence-electron chi connectivity index (χ1n) is 4.59. The highest BCUT2D eigenvalue weighted by Crippen LogP contribution is 2.30. The molecule has 0 aromatic heterocycles. The van der Waals surface area contributed by atoms with Gasteiger partial charge in [-0.1, -0.05) is 0 Å². The Morgan fingerprint density at radius 2 is 2.24 bits per heavy atom. The molecule has 0 fully saturated rings. The van der Waals surface area contributed by atoms with Gasteiger partial charge in [0.15, 0.2) is 0 Å². The van der Waals surface area contributed by atoms with Gasteiger partial charge in [0.2, 0.25) is 0 Å². The largest absolute Gasteiger partial charge is 0.379 e. The minimum atomic E-state index is -0.984. The fourth-order valence-electron chi connectivity index (χ4n) is 1.16. The molecule has 94 valence electrons. The fraction of sp³-hybridized carbons (Fsp3) is 0.333. The smallest absolute Gasteiger partial charge is 0.295 e. The van der Waals surface area contributed by atoms with Crippen LogP contribution in [0.3, 0.4) is 0 Å². The van der Waals surface area contributed by atoms with Crippen LogP contribution in [0.1, 0.15) is 0 Å². The van der Waals surface area contributed by atoms with Gasteiger partial charge in [-0.05, 0) is 22.0 Å². The molecular formula is C9H10BrFN2O3S. The molecule has 8 heteroatoms.